The summed E-state index contributed by atoms with van der Waals surface area (Å²) in [5.74, 6) is -3.52. The van der Waals surface area contributed by atoms with E-state index in [2.05, 4.69) is 12.5 Å². The number of carboxylic acids is 1. The van der Waals surface area contributed by atoms with Crippen LogP contribution in [0.1, 0.15) is 39.0 Å². The monoisotopic (exact) mass is 1270 g/mol. The van der Waals surface area contributed by atoms with E-state index in [1.54, 1.807) is 0 Å². The van der Waals surface area contributed by atoms with Crippen LogP contribution in [0.5, 0.6) is 0 Å². The highest BCUT2D eigenvalue weighted by Gasteiger charge is 2.58. The van der Waals surface area contributed by atoms with Gasteiger partial charge in [-0.3, -0.25) is 18.2 Å². The van der Waals surface area contributed by atoms with Crippen molar-refractivity contribution in [2.45, 2.75) is 186 Å². The van der Waals surface area contributed by atoms with Crippen molar-refractivity contribution in [2.24, 2.45) is 29.0 Å². The minimum atomic E-state index is -5.65. The molecule has 81 heavy (non-hydrogen) atoms. The molecule has 0 aromatic rings. The zero-order valence-electron chi connectivity index (χ0n) is 42.4. The Labute approximate surface area is 462 Å². The summed E-state index contributed by atoms with van der Waals surface area (Å²) in [6.07, 6.45) is -39.7. The van der Waals surface area contributed by atoms with Gasteiger partial charge in [0.25, 0.3) is 0 Å². The standard InChI is InChI=1S/C38H67N4O35S4/c1-12-17(39)35(70-15(10-66-79(54,55)56)25(12)71-37-24(47)23(46)27(30(75-37)33(48)49)73-36-18(40)21(44)20(43)14(68-36)9-65-78(51,52)53)74-29-28(64-8-13-6-4-3-5-7-13)31(77-81(60,61)62)38(76-32(29)42-50)72-26-16(11-67-80(57,58)59)69-34(63-2)19(41)22(26)45/h12-32,34-38,42-47H,3-11,39-41H2,1-2H3,(H,48,49)(H,51,52,53)(H,54,55,56)(H,57,58,59)(H,60,61,62)/q-1/t12-,14?,15?,16?,17?,18?,19?,20-,21-,22-,23-,24?,25+,26-,27+,28?,29+,30?,31?,32-,34+,35-,36-,37-,38-/m1/s1. The Morgan fingerprint density at radius 3 is 1.57 bits per heavy atom. The molecule has 1 aliphatic carbocycles. The van der Waals surface area contributed by atoms with Gasteiger partial charge in [0.05, 0.1) is 50.7 Å². The number of hydrogen-bond acceptors (Lipinski definition) is 34. The Morgan fingerprint density at radius 1 is 0.531 bits per heavy atom. The minimum Gasteiger partial charge on any atom is -0.786 e. The van der Waals surface area contributed by atoms with Crippen LogP contribution in [-0.2, 0) is 115 Å². The molecule has 5 saturated heterocycles. The van der Waals surface area contributed by atoms with Crippen molar-refractivity contribution in [3.8, 4) is 0 Å². The fourth-order valence-electron chi connectivity index (χ4n) is 9.86. The highest BCUT2D eigenvalue weighted by atomic mass is 32.3. The first kappa shape index (κ1) is 68.2. The van der Waals surface area contributed by atoms with Gasteiger partial charge in [-0.05, 0) is 18.8 Å². The van der Waals surface area contributed by atoms with Crippen LogP contribution in [0, 0.1) is 17.0 Å². The van der Waals surface area contributed by atoms with Crippen molar-refractivity contribution in [3.05, 3.63) is 5.21 Å². The molecule has 25 atom stereocenters. The molecule has 6 fully saturated rings. The number of nitrogens with one attached hydrogen (secondary N) is 1. The first-order chi connectivity index (χ1) is 37.6. The molecule has 6 aliphatic rings. The van der Waals surface area contributed by atoms with E-state index in [1.165, 1.54) is 12.4 Å². The maximum absolute atomic E-state index is 13.0. The van der Waals surface area contributed by atoms with Crippen molar-refractivity contribution in [3.63, 3.8) is 0 Å². The number of aliphatic carboxylic acids is 1. The number of aliphatic hydroxyl groups is 5. The van der Waals surface area contributed by atoms with Crippen LogP contribution in [-0.4, -0.2) is 269 Å². The van der Waals surface area contributed by atoms with E-state index in [-0.39, 0.29) is 12.5 Å². The van der Waals surface area contributed by atoms with Crippen LogP contribution >= 0.6 is 0 Å². The van der Waals surface area contributed by atoms with Gasteiger partial charge < -0.3 is 111 Å². The number of nitrogens with two attached hydrogens (primary N) is 3. The van der Waals surface area contributed by atoms with Crippen molar-refractivity contribution in [1.29, 1.82) is 0 Å². The average Bonchev–Trinajstić information content (AvgIpc) is 3.46. The Kier molecular flexibility index (Phi) is 23.8. The van der Waals surface area contributed by atoms with Gasteiger partial charge in [-0.25, -0.2) is 21.5 Å². The van der Waals surface area contributed by atoms with E-state index in [0.717, 1.165) is 26.4 Å². The third-order valence-electron chi connectivity index (χ3n) is 14.0. The smallest absolute Gasteiger partial charge is 0.397 e. The van der Waals surface area contributed by atoms with Gasteiger partial charge >= 0.3 is 47.6 Å². The summed E-state index contributed by atoms with van der Waals surface area (Å²) in [5.41, 5.74) is 20.2. The zero-order chi connectivity index (χ0) is 60.3. The Balaban J connectivity index is 1.29. The van der Waals surface area contributed by atoms with Gasteiger partial charge in [-0.15, -0.1) is 0 Å². The molecule has 0 bridgehead atoms. The highest BCUT2D eigenvalue weighted by molar-refractivity contribution is 7.81. The number of aliphatic hydroxyl groups excluding tert-OH is 5. The summed E-state index contributed by atoms with van der Waals surface area (Å²) in [4.78, 5) is 12.7. The van der Waals surface area contributed by atoms with Crippen molar-refractivity contribution in [2.75, 3.05) is 33.5 Å². The molecule has 0 aromatic carbocycles. The lowest BCUT2D eigenvalue weighted by Crippen LogP contribution is -2.70. The minimum absolute atomic E-state index is 0.245. The molecule has 474 valence electrons. The van der Waals surface area contributed by atoms with Crippen LogP contribution < -0.4 is 22.7 Å². The molecule has 0 amide bonds. The lowest BCUT2D eigenvalue weighted by molar-refractivity contribution is -0.375. The summed E-state index contributed by atoms with van der Waals surface area (Å²) >= 11 is 0. The molecule has 43 heteroatoms. The average molecular weight is 1270 g/mol. The van der Waals surface area contributed by atoms with Gasteiger partial charge in [0.1, 0.15) is 79.5 Å². The fourth-order valence-corrected chi connectivity index (χ4v) is 11.3. The summed E-state index contributed by atoms with van der Waals surface area (Å²) < 4.78 is 214. The topological polar surface area (TPSA) is 608 Å². The molecule has 17 N–H and O–H groups in total. The fraction of sp³-hybridized carbons (Fsp3) is 0.974. The molecule has 10 unspecified atom stereocenters. The normalized spacial score (nSPS) is 42.6. The predicted octanol–water partition coefficient (Wildman–Crippen LogP) is -8.04. The number of hydroxylamine groups is 1. The van der Waals surface area contributed by atoms with Gasteiger partial charge in [-0.2, -0.15) is 33.7 Å². The quantitative estimate of drug-likeness (QED) is 0.0298. The SMILES string of the molecule is CO[C@H]1OC(COS(=O)(=O)O)[C@@H](O[C@@H]2O[C@@H](N[O-])[C@@H](O[C@H]3OC(COS(=O)(=O)O)[C@@H](O[C@@H]4OC(C(=O)O)[C@@H](O[C@H]5OC(COS(=O)(=O)O)[C@@H](O)[C@H](O)C5N)[C@H](O)C4O)[C@H](C)C3N)C(OCC3CCCCC3)C2OS(=O)(=O)O)[C@H](O)C1N. The molecule has 5 heterocycles. The molecule has 0 aromatic heterocycles. The van der Waals surface area contributed by atoms with Crippen LogP contribution in [0.25, 0.3) is 0 Å². The largest absolute Gasteiger partial charge is 0.786 e. The second-order valence-electron chi connectivity index (χ2n) is 19.5. The summed E-state index contributed by atoms with van der Waals surface area (Å²) in [6.45, 7) is -2.50. The van der Waals surface area contributed by atoms with Crippen molar-refractivity contribution in [1.82, 2.24) is 5.48 Å². The van der Waals surface area contributed by atoms with Gasteiger partial charge in [0.15, 0.2) is 43.7 Å². The van der Waals surface area contributed by atoms with Crippen LogP contribution in [0.3, 0.4) is 0 Å². The van der Waals surface area contributed by atoms with E-state index in [4.69, 9.17) is 78.0 Å². The molecule has 0 spiro atoms. The predicted molar refractivity (Wildman–Crippen MR) is 252 cm³/mol. The highest BCUT2D eigenvalue weighted by Crippen LogP contribution is 2.39. The number of hydrogen-bond donors (Lipinski definition) is 14. The lowest BCUT2D eigenvalue weighted by Gasteiger charge is -2.51. The van der Waals surface area contributed by atoms with E-state index >= 15 is 0 Å². The number of rotatable bonds is 25. The van der Waals surface area contributed by atoms with E-state index < -0.39 is 221 Å². The first-order valence-electron chi connectivity index (χ1n) is 24.4. The first-order valence-corrected chi connectivity index (χ1v) is 29.9. The second-order valence-corrected chi connectivity index (χ2v) is 23.9. The molecular formula is C38H67N4O35S4-. The number of carboxylic acid groups (broad SMARTS) is 1. The van der Waals surface area contributed by atoms with Crippen molar-refractivity contribution >= 4 is 47.6 Å². The maximum Gasteiger partial charge on any atom is 0.397 e. The van der Waals surface area contributed by atoms with E-state index in [9.17, 15) is 88.0 Å². The van der Waals surface area contributed by atoms with Gasteiger partial charge in [0.2, 0.25) is 0 Å². The van der Waals surface area contributed by atoms with Crippen LogP contribution in [0.4, 0.5) is 0 Å². The number of carbonyl (C=O) groups is 1. The van der Waals surface area contributed by atoms with Gasteiger partial charge in [-0.1, -0.05) is 26.2 Å². The third kappa shape index (κ3) is 18.1. The maximum atomic E-state index is 13.0. The lowest BCUT2D eigenvalue weighted by atomic mass is 9.88. The molecule has 0 radical (unpaired) electrons. The van der Waals surface area contributed by atoms with E-state index in [0.29, 0.717) is 12.8 Å². The van der Waals surface area contributed by atoms with Crippen molar-refractivity contribution < 1.29 is 156 Å². The summed E-state index contributed by atoms with van der Waals surface area (Å²) in [5, 5.41) is 78.2. The Bertz CT molecular complexity index is 2510. The molecule has 6 rings (SSSR count). The molecule has 5 aliphatic heterocycles. The Morgan fingerprint density at radius 2 is 1.02 bits per heavy atom. The molecular weight excluding hydrogens is 1200 g/mol. The molecule has 39 nitrogen and oxygen atoms in total. The zero-order valence-corrected chi connectivity index (χ0v) is 45.7. The second kappa shape index (κ2) is 28.3. The molecule has 1 saturated carbocycles. The van der Waals surface area contributed by atoms with Crippen LogP contribution in [0.15, 0.2) is 0 Å². The van der Waals surface area contributed by atoms with E-state index in [1.807, 2.05) is 0 Å². The number of ether oxygens (including phenoxy) is 11. The van der Waals surface area contributed by atoms with Crippen LogP contribution in [0.2, 0.25) is 0 Å². The summed E-state index contributed by atoms with van der Waals surface area (Å²) in [7, 11) is -20.3. The summed E-state index contributed by atoms with van der Waals surface area (Å²) in [6, 6.07) is -4.92. The number of methoxy groups -OCH3 is 1. The van der Waals surface area contributed by atoms with Gasteiger partial charge in [0, 0.05) is 13.0 Å². The third-order valence-corrected chi connectivity index (χ3v) is 15.8. The Hall–Kier alpha value is -1.89.